The van der Waals surface area contributed by atoms with Crippen molar-refractivity contribution in [2.45, 2.75) is 6.92 Å². The van der Waals surface area contributed by atoms with Gasteiger partial charge in [0.05, 0.1) is 18.5 Å². The third-order valence-electron chi connectivity index (χ3n) is 3.88. The van der Waals surface area contributed by atoms with Crippen molar-refractivity contribution < 1.29 is 14.3 Å². The average molecular weight is 413 g/mol. The lowest BCUT2D eigenvalue weighted by atomic mass is 10.1. The number of amides is 1. The number of halogens is 1. The molecule has 0 saturated heterocycles. The van der Waals surface area contributed by atoms with Crippen molar-refractivity contribution in [3.63, 3.8) is 0 Å². The highest BCUT2D eigenvalue weighted by Gasteiger charge is 2.17. The summed E-state index contributed by atoms with van der Waals surface area (Å²) in [5.41, 5.74) is 1.83. The maximum atomic E-state index is 12.2. The highest BCUT2D eigenvalue weighted by molar-refractivity contribution is 7.14. The number of ether oxygens (including phenoxy) is 1. The van der Waals surface area contributed by atoms with Crippen LogP contribution in [0.4, 0.5) is 10.8 Å². The molecule has 0 aliphatic heterocycles. The lowest BCUT2D eigenvalue weighted by molar-refractivity contribution is -0.115. The van der Waals surface area contributed by atoms with Crippen LogP contribution >= 0.6 is 22.9 Å². The van der Waals surface area contributed by atoms with Gasteiger partial charge in [-0.05, 0) is 60.7 Å². The molecule has 0 bridgehead atoms. The first-order valence-electron chi connectivity index (χ1n) is 8.36. The molecule has 1 amide bonds. The van der Waals surface area contributed by atoms with Crippen molar-refractivity contribution in [1.82, 2.24) is 4.98 Å². The fourth-order valence-corrected chi connectivity index (χ4v) is 3.47. The molecule has 0 saturated carbocycles. The Morgan fingerprint density at radius 2 is 1.79 bits per heavy atom. The number of thiazole rings is 1. The lowest BCUT2D eigenvalue weighted by Gasteiger charge is -2.18. The predicted molar refractivity (Wildman–Crippen MR) is 113 cm³/mol. The van der Waals surface area contributed by atoms with Crippen molar-refractivity contribution in [3.8, 4) is 5.75 Å². The zero-order valence-corrected chi connectivity index (χ0v) is 16.8. The number of hydrogen-bond donors (Lipinski definition) is 0. The van der Waals surface area contributed by atoms with E-state index in [1.165, 1.54) is 29.2 Å². The molecular weight excluding hydrogens is 396 g/mol. The van der Waals surface area contributed by atoms with Crippen molar-refractivity contribution >= 4 is 51.5 Å². The summed E-state index contributed by atoms with van der Waals surface area (Å²) in [6.45, 7) is 1.48. The Kier molecular flexibility index (Phi) is 6.23. The number of benzene rings is 2. The number of anilines is 2. The SMILES string of the molecule is COc1ccc(N(C(C)=O)c2nc(C=CC(=O)c3ccc(Cl)cc3)cs2)cc1. The van der Waals surface area contributed by atoms with Gasteiger partial charge in [0.25, 0.3) is 0 Å². The summed E-state index contributed by atoms with van der Waals surface area (Å²) in [7, 11) is 1.59. The molecule has 0 aliphatic carbocycles. The maximum Gasteiger partial charge on any atom is 0.230 e. The number of hydrogen-bond acceptors (Lipinski definition) is 5. The summed E-state index contributed by atoms with van der Waals surface area (Å²) < 4.78 is 5.15. The van der Waals surface area contributed by atoms with E-state index >= 15 is 0 Å². The van der Waals surface area contributed by atoms with Crippen LogP contribution in [-0.2, 0) is 4.79 Å². The van der Waals surface area contributed by atoms with Crippen molar-refractivity contribution in [3.05, 3.63) is 76.3 Å². The van der Waals surface area contributed by atoms with E-state index in [2.05, 4.69) is 4.98 Å². The Balaban J connectivity index is 1.79. The molecule has 0 N–H and O–H groups in total. The largest absolute Gasteiger partial charge is 0.497 e. The normalized spacial score (nSPS) is 10.8. The van der Waals surface area contributed by atoms with Crippen molar-refractivity contribution in [2.24, 2.45) is 0 Å². The summed E-state index contributed by atoms with van der Waals surface area (Å²) in [5.74, 6) is 0.396. The predicted octanol–water partition coefficient (Wildman–Crippen LogP) is 5.39. The fourth-order valence-electron chi connectivity index (χ4n) is 2.49. The van der Waals surface area contributed by atoms with E-state index in [1.807, 2.05) is 0 Å². The highest BCUT2D eigenvalue weighted by Crippen LogP contribution is 2.30. The second kappa shape index (κ2) is 8.82. The first-order chi connectivity index (χ1) is 13.5. The van der Waals surface area contributed by atoms with Gasteiger partial charge >= 0.3 is 0 Å². The van der Waals surface area contributed by atoms with Gasteiger partial charge in [0.15, 0.2) is 10.9 Å². The molecule has 0 spiro atoms. The molecule has 0 fully saturated rings. The van der Waals surface area contributed by atoms with E-state index in [1.54, 1.807) is 67.1 Å². The zero-order chi connectivity index (χ0) is 20.1. The summed E-state index contributed by atoms with van der Waals surface area (Å²) >= 11 is 7.16. The Bertz CT molecular complexity index is 1010. The van der Waals surface area contributed by atoms with E-state index in [0.717, 1.165) is 0 Å². The molecule has 0 unspecified atom stereocenters. The summed E-state index contributed by atoms with van der Waals surface area (Å²) in [5, 5.41) is 2.89. The molecule has 2 aromatic carbocycles. The minimum Gasteiger partial charge on any atom is -0.497 e. The van der Waals surface area contributed by atoms with Crippen LogP contribution in [0.15, 0.2) is 60.0 Å². The van der Waals surface area contributed by atoms with E-state index < -0.39 is 0 Å². The maximum absolute atomic E-state index is 12.2. The van der Waals surface area contributed by atoms with E-state index in [4.69, 9.17) is 16.3 Å². The van der Waals surface area contributed by atoms with Gasteiger partial charge in [-0.1, -0.05) is 11.6 Å². The third kappa shape index (κ3) is 4.65. The van der Waals surface area contributed by atoms with Gasteiger partial charge in [-0.2, -0.15) is 0 Å². The van der Waals surface area contributed by atoms with Crippen LogP contribution in [0.3, 0.4) is 0 Å². The number of rotatable bonds is 6. The van der Waals surface area contributed by atoms with E-state index in [9.17, 15) is 9.59 Å². The Morgan fingerprint density at radius 1 is 1.11 bits per heavy atom. The Labute approximate surface area is 171 Å². The first-order valence-corrected chi connectivity index (χ1v) is 9.62. The minimum atomic E-state index is -0.160. The molecule has 0 radical (unpaired) electrons. The van der Waals surface area contributed by atoms with Crippen LogP contribution in [0.25, 0.3) is 6.08 Å². The third-order valence-corrected chi connectivity index (χ3v) is 4.98. The van der Waals surface area contributed by atoms with Gasteiger partial charge in [-0.3, -0.25) is 14.5 Å². The quantitative estimate of drug-likeness (QED) is 0.402. The van der Waals surface area contributed by atoms with Crippen LogP contribution in [0.2, 0.25) is 5.02 Å². The molecule has 0 aliphatic rings. The topological polar surface area (TPSA) is 59.5 Å². The molecule has 0 atom stereocenters. The molecule has 1 aromatic heterocycles. The summed E-state index contributed by atoms with van der Waals surface area (Å²) in [4.78, 5) is 30.4. The molecule has 3 aromatic rings. The smallest absolute Gasteiger partial charge is 0.230 e. The number of carbonyl (C=O) groups excluding carboxylic acids is 2. The second-order valence-electron chi connectivity index (χ2n) is 5.81. The summed E-state index contributed by atoms with van der Waals surface area (Å²) in [6, 6.07) is 13.8. The van der Waals surface area contributed by atoms with Crippen LogP contribution in [0, 0.1) is 0 Å². The minimum absolute atomic E-state index is 0.148. The number of carbonyl (C=O) groups is 2. The van der Waals surface area contributed by atoms with Gasteiger partial charge in [-0.25, -0.2) is 4.98 Å². The van der Waals surface area contributed by atoms with Crippen molar-refractivity contribution in [2.75, 3.05) is 12.0 Å². The van der Waals surface area contributed by atoms with Gasteiger partial charge in [0.2, 0.25) is 5.91 Å². The molecule has 28 heavy (non-hydrogen) atoms. The van der Waals surface area contributed by atoms with Crippen LogP contribution in [-0.4, -0.2) is 23.8 Å². The van der Waals surface area contributed by atoms with Gasteiger partial charge in [-0.15, -0.1) is 11.3 Å². The number of allylic oxidation sites excluding steroid dienone is 1. The Hall–Kier alpha value is -2.96. The standard InChI is InChI=1S/C21H17ClN2O3S/c1-14(25)24(18-8-10-19(27-2)11-9-18)21-23-17(13-28-21)7-12-20(26)15-3-5-16(22)6-4-15/h3-13H,1-2H3. The number of methoxy groups -OCH3 is 1. The number of nitrogens with zero attached hydrogens (tertiary/aromatic N) is 2. The Morgan fingerprint density at radius 3 is 2.39 bits per heavy atom. The zero-order valence-electron chi connectivity index (χ0n) is 15.3. The van der Waals surface area contributed by atoms with Crippen LogP contribution < -0.4 is 9.64 Å². The van der Waals surface area contributed by atoms with Crippen LogP contribution in [0.1, 0.15) is 23.0 Å². The van der Waals surface area contributed by atoms with Gasteiger partial charge < -0.3 is 4.74 Å². The highest BCUT2D eigenvalue weighted by atomic mass is 35.5. The van der Waals surface area contributed by atoms with Gasteiger partial charge in [0, 0.05) is 22.9 Å². The van der Waals surface area contributed by atoms with E-state index in [-0.39, 0.29) is 11.7 Å². The van der Waals surface area contributed by atoms with E-state index in [0.29, 0.717) is 32.8 Å². The first kappa shape index (κ1) is 19.8. The summed E-state index contributed by atoms with van der Waals surface area (Å²) in [6.07, 6.45) is 3.08. The van der Waals surface area contributed by atoms with Crippen LogP contribution in [0.5, 0.6) is 5.75 Å². The fraction of sp³-hybridized carbons (Fsp3) is 0.0952. The molecule has 1 heterocycles. The van der Waals surface area contributed by atoms with Crippen molar-refractivity contribution in [1.29, 1.82) is 0 Å². The molecule has 7 heteroatoms. The molecule has 3 rings (SSSR count). The monoisotopic (exact) mass is 412 g/mol. The van der Waals surface area contributed by atoms with Gasteiger partial charge in [0.1, 0.15) is 5.75 Å². The second-order valence-corrected chi connectivity index (χ2v) is 7.08. The average Bonchev–Trinajstić information content (AvgIpc) is 3.15. The molecule has 5 nitrogen and oxygen atoms in total. The number of ketones is 1. The molecular formula is C21H17ClN2O3S. The lowest BCUT2D eigenvalue weighted by Crippen LogP contribution is -2.22. The number of aromatic nitrogens is 1. The molecule has 142 valence electrons.